The quantitative estimate of drug-likeness (QED) is 0.719. The molecule has 1 aromatic rings. The molecule has 0 unspecified atom stereocenters. The van der Waals surface area contributed by atoms with Crippen molar-refractivity contribution in [1.29, 1.82) is 0 Å². The van der Waals surface area contributed by atoms with E-state index in [2.05, 4.69) is 6.07 Å². The fraction of sp³-hybridized carbons (Fsp3) is 0.429. The van der Waals surface area contributed by atoms with Crippen molar-refractivity contribution in [3.8, 4) is 0 Å². The number of nitrogens with two attached hydrogens (primary N) is 1. The Morgan fingerprint density at radius 1 is 1.50 bits per heavy atom. The Hall–Kier alpha value is -0.380. The second kappa shape index (κ2) is 3.71. The number of ether oxygens (including phenoxy) is 1. The van der Waals surface area contributed by atoms with E-state index in [0.717, 1.165) is 0 Å². The maximum Gasteiger partial charge on any atom is 0.0805 e. The molecule has 10 heavy (non-hydrogen) atoms. The molecule has 0 amide bonds. The van der Waals surface area contributed by atoms with Crippen molar-refractivity contribution < 1.29 is 4.74 Å². The number of methoxy groups -OCH3 is 1. The Labute approximate surface area is 64.6 Å². The van der Waals surface area contributed by atoms with Crippen LogP contribution in [0.5, 0.6) is 0 Å². The number of rotatable bonds is 3. The van der Waals surface area contributed by atoms with Crippen LogP contribution in [-0.4, -0.2) is 7.11 Å². The van der Waals surface area contributed by atoms with Gasteiger partial charge in [0.2, 0.25) is 0 Å². The normalized spacial score (nSPS) is 10.2. The van der Waals surface area contributed by atoms with Crippen LogP contribution >= 0.6 is 11.3 Å². The highest BCUT2D eigenvalue weighted by Gasteiger charge is 1.95. The predicted octanol–water partition coefficient (Wildman–Crippen LogP) is 1.35. The van der Waals surface area contributed by atoms with Gasteiger partial charge >= 0.3 is 0 Å². The van der Waals surface area contributed by atoms with Gasteiger partial charge in [-0.1, -0.05) is 0 Å². The molecule has 0 fully saturated rings. The maximum atomic E-state index is 5.43. The van der Waals surface area contributed by atoms with E-state index in [1.807, 2.05) is 6.07 Å². The molecule has 1 heterocycles. The summed E-state index contributed by atoms with van der Waals surface area (Å²) in [5.74, 6) is 0. The van der Waals surface area contributed by atoms with Gasteiger partial charge in [-0.15, -0.1) is 11.3 Å². The zero-order chi connectivity index (χ0) is 7.40. The SMILES string of the molecule is COCc1ccc(CN)s1. The summed E-state index contributed by atoms with van der Waals surface area (Å²) in [5, 5.41) is 0. The minimum atomic E-state index is 0.633. The van der Waals surface area contributed by atoms with Gasteiger partial charge in [0.1, 0.15) is 0 Å². The Morgan fingerprint density at radius 3 is 2.70 bits per heavy atom. The molecular weight excluding hydrogens is 146 g/mol. The van der Waals surface area contributed by atoms with E-state index >= 15 is 0 Å². The number of hydrogen-bond donors (Lipinski definition) is 1. The van der Waals surface area contributed by atoms with E-state index in [9.17, 15) is 0 Å². The van der Waals surface area contributed by atoms with Crippen LogP contribution < -0.4 is 5.73 Å². The Balaban J connectivity index is 2.59. The van der Waals surface area contributed by atoms with Crippen molar-refractivity contribution in [2.24, 2.45) is 5.73 Å². The van der Waals surface area contributed by atoms with Gasteiger partial charge in [-0.25, -0.2) is 0 Å². The Kier molecular flexibility index (Phi) is 2.86. The lowest BCUT2D eigenvalue weighted by atomic mass is 10.4. The summed E-state index contributed by atoms with van der Waals surface area (Å²) in [6, 6.07) is 4.09. The third kappa shape index (κ3) is 1.80. The van der Waals surface area contributed by atoms with Crippen LogP contribution in [0.4, 0.5) is 0 Å². The van der Waals surface area contributed by atoms with E-state index in [1.165, 1.54) is 9.75 Å². The first kappa shape index (κ1) is 7.72. The van der Waals surface area contributed by atoms with Gasteiger partial charge in [-0.05, 0) is 12.1 Å². The Bertz CT molecular complexity index is 197. The summed E-state index contributed by atoms with van der Waals surface area (Å²) in [4.78, 5) is 2.45. The van der Waals surface area contributed by atoms with Crippen LogP contribution in [0.25, 0.3) is 0 Å². The molecule has 0 aromatic carbocycles. The average molecular weight is 157 g/mol. The minimum absolute atomic E-state index is 0.633. The molecule has 1 aromatic heterocycles. The summed E-state index contributed by atoms with van der Waals surface area (Å²) in [6.45, 7) is 1.33. The van der Waals surface area contributed by atoms with Crippen LogP contribution in [0.15, 0.2) is 12.1 Å². The standard InChI is InChI=1S/C7H11NOS/c1-9-5-7-3-2-6(4-8)10-7/h2-3H,4-5,8H2,1H3. The highest BCUT2D eigenvalue weighted by Crippen LogP contribution is 2.15. The minimum Gasteiger partial charge on any atom is -0.379 e. The fourth-order valence-electron chi connectivity index (χ4n) is 0.752. The molecule has 0 bridgehead atoms. The molecule has 0 atom stereocenters. The largest absolute Gasteiger partial charge is 0.379 e. The summed E-state index contributed by atoms with van der Waals surface area (Å²) in [7, 11) is 1.70. The average Bonchev–Trinajstić information content (AvgIpc) is 2.37. The molecule has 2 nitrogen and oxygen atoms in total. The lowest BCUT2D eigenvalue weighted by Crippen LogP contribution is -1.91. The summed E-state index contributed by atoms with van der Waals surface area (Å²) >= 11 is 1.71. The van der Waals surface area contributed by atoms with Crippen LogP contribution in [-0.2, 0) is 17.9 Å². The molecule has 0 radical (unpaired) electrons. The molecule has 0 saturated carbocycles. The van der Waals surface area contributed by atoms with Crippen molar-refractivity contribution in [1.82, 2.24) is 0 Å². The monoisotopic (exact) mass is 157 g/mol. The molecule has 0 saturated heterocycles. The first-order valence-corrected chi connectivity index (χ1v) is 3.95. The smallest absolute Gasteiger partial charge is 0.0805 e. The number of hydrogen-bond acceptors (Lipinski definition) is 3. The summed E-state index contributed by atoms with van der Waals surface area (Å²) in [5.41, 5.74) is 5.43. The predicted molar refractivity (Wildman–Crippen MR) is 42.9 cm³/mol. The van der Waals surface area contributed by atoms with Crippen molar-refractivity contribution in [2.45, 2.75) is 13.2 Å². The molecule has 0 aliphatic carbocycles. The van der Waals surface area contributed by atoms with E-state index < -0.39 is 0 Å². The molecule has 0 aliphatic heterocycles. The highest BCUT2D eigenvalue weighted by molar-refractivity contribution is 7.11. The van der Waals surface area contributed by atoms with Gasteiger partial charge in [0.15, 0.2) is 0 Å². The van der Waals surface area contributed by atoms with Gasteiger partial charge in [0, 0.05) is 23.4 Å². The van der Waals surface area contributed by atoms with Crippen LogP contribution in [0.1, 0.15) is 9.75 Å². The van der Waals surface area contributed by atoms with Crippen molar-refractivity contribution >= 4 is 11.3 Å². The number of thiophene rings is 1. The summed E-state index contributed by atoms with van der Waals surface area (Å²) in [6.07, 6.45) is 0. The first-order valence-electron chi connectivity index (χ1n) is 3.13. The van der Waals surface area contributed by atoms with Crippen molar-refractivity contribution in [3.05, 3.63) is 21.9 Å². The van der Waals surface area contributed by atoms with Crippen LogP contribution in [0.2, 0.25) is 0 Å². The molecule has 1 rings (SSSR count). The lowest BCUT2D eigenvalue weighted by molar-refractivity contribution is 0.187. The fourth-order valence-corrected chi connectivity index (χ4v) is 1.62. The molecule has 0 spiro atoms. The van der Waals surface area contributed by atoms with Gasteiger partial charge in [0.25, 0.3) is 0 Å². The second-order valence-corrected chi connectivity index (χ2v) is 3.26. The van der Waals surface area contributed by atoms with Crippen LogP contribution in [0, 0.1) is 0 Å². The van der Waals surface area contributed by atoms with Gasteiger partial charge < -0.3 is 10.5 Å². The van der Waals surface area contributed by atoms with E-state index in [4.69, 9.17) is 10.5 Å². The highest BCUT2D eigenvalue weighted by atomic mass is 32.1. The van der Waals surface area contributed by atoms with Gasteiger partial charge in [-0.3, -0.25) is 0 Å². The van der Waals surface area contributed by atoms with Crippen LogP contribution in [0.3, 0.4) is 0 Å². The molecule has 2 N–H and O–H groups in total. The first-order chi connectivity index (χ1) is 4.86. The van der Waals surface area contributed by atoms with E-state index in [-0.39, 0.29) is 0 Å². The van der Waals surface area contributed by atoms with Crippen molar-refractivity contribution in [2.75, 3.05) is 7.11 Å². The third-order valence-electron chi connectivity index (χ3n) is 1.21. The summed E-state index contributed by atoms with van der Waals surface area (Å²) < 4.78 is 4.96. The second-order valence-electron chi connectivity index (χ2n) is 2.01. The molecule has 3 heteroatoms. The Morgan fingerprint density at radius 2 is 2.20 bits per heavy atom. The maximum absolute atomic E-state index is 5.43. The van der Waals surface area contributed by atoms with Crippen molar-refractivity contribution in [3.63, 3.8) is 0 Å². The lowest BCUT2D eigenvalue weighted by Gasteiger charge is -1.90. The van der Waals surface area contributed by atoms with Gasteiger partial charge in [-0.2, -0.15) is 0 Å². The van der Waals surface area contributed by atoms with Gasteiger partial charge in [0.05, 0.1) is 6.61 Å². The molecule has 0 aliphatic rings. The molecular formula is C7H11NOS. The van der Waals surface area contributed by atoms with E-state index in [0.29, 0.717) is 13.2 Å². The molecule has 56 valence electrons. The van der Waals surface area contributed by atoms with E-state index in [1.54, 1.807) is 18.4 Å². The third-order valence-corrected chi connectivity index (χ3v) is 2.29. The zero-order valence-corrected chi connectivity index (χ0v) is 6.78. The topological polar surface area (TPSA) is 35.2 Å². The zero-order valence-electron chi connectivity index (χ0n) is 5.96.